The first kappa shape index (κ1) is 26.6. The van der Waals surface area contributed by atoms with Crippen molar-refractivity contribution in [2.75, 3.05) is 0 Å². The molecule has 0 N–H and O–H groups in total. The van der Waals surface area contributed by atoms with Crippen molar-refractivity contribution in [3.8, 4) is 33.4 Å². The third-order valence-electron chi connectivity index (χ3n) is 10.6. The van der Waals surface area contributed by atoms with Gasteiger partial charge in [-0.15, -0.1) is 0 Å². The van der Waals surface area contributed by atoms with Gasteiger partial charge in [0.15, 0.2) is 0 Å². The zero-order chi connectivity index (χ0) is 32.1. The Balaban J connectivity index is 1.14. The van der Waals surface area contributed by atoms with Gasteiger partial charge < -0.3 is 4.42 Å². The molecule has 0 spiro atoms. The summed E-state index contributed by atoms with van der Waals surface area (Å²) in [6.45, 7) is 0. The molecule has 0 atom stereocenters. The van der Waals surface area contributed by atoms with Crippen LogP contribution in [0.4, 0.5) is 0 Å². The fourth-order valence-corrected chi connectivity index (χ4v) is 8.39. The lowest BCUT2D eigenvalue weighted by molar-refractivity contribution is 0.670. The summed E-state index contributed by atoms with van der Waals surface area (Å²) < 4.78 is 6.43. The van der Waals surface area contributed by atoms with Crippen molar-refractivity contribution in [1.82, 2.24) is 0 Å². The zero-order valence-electron chi connectivity index (χ0n) is 26.6. The van der Waals surface area contributed by atoms with Crippen LogP contribution in [0.2, 0.25) is 0 Å². The fourth-order valence-electron chi connectivity index (χ4n) is 8.39. The number of rotatable bonds is 3. The quantitative estimate of drug-likeness (QED) is 0.179. The summed E-state index contributed by atoms with van der Waals surface area (Å²) >= 11 is 0. The molecule has 49 heavy (non-hydrogen) atoms. The van der Waals surface area contributed by atoms with E-state index in [0.717, 1.165) is 33.1 Å². The minimum absolute atomic E-state index is 0.920. The molecule has 11 rings (SSSR count). The number of hydrogen-bond acceptors (Lipinski definition) is 1. The van der Waals surface area contributed by atoms with Crippen molar-refractivity contribution in [3.05, 3.63) is 170 Å². The smallest absolute Gasteiger partial charge is 0.143 e. The first-order valence-electron chi connectivity index (χ1n) is 16.9. The number of furan rings is 1. The van der Waals surface area contributed by atoms with Crippen molar-refractivity contribution in [3.63, 3.8) is 0 Å². The standard InChI is InChI=1S/C48H28O/c1-2-12-34-33(9-1)28-44(38-14-4-3-13-37(34)38)39-24-20-30-21-25-41-35(23-19-29-22-26-42(39)47(30)46(29)41)31-10-7-11-32(27-31)36-16-8-17-43-40-15-5-6-18-45(40)49-48(36)43/h1-28H. The van der Waals surface area contributed by atoms with Gasteiger partial charge in [-0.3, -0.25) is 0 Å². The Morgan fingerprint density at radius 1 is 0.286 bits per heavy atom. The van der Waals surface area contributed by atoms with E-state index in [1.807, 2.05) is 12.1 Å². The molecule has 0 bridgehead atoms. The molecule has 0 saturated carbocycles. The summed E-state index contributed by atoms with van der Waals surface area (Å²) in [7, 11) is 0. The Bertz CT molecular complexity index is 3100. The van der Waals surface area contributed by atoms with Gasteiger partial charge in [0.25, 0.3) is 0 Å². The van der Waals surface area contributed by atoms with Crippen LogP contribution in [-0.4, -0.2) is 0 Å². The third kappa shape index (κ3) is 3.82. The van der Waals surface area contributed by atoms with E-state index >= 15 is 0 Å². The minimum atomic E-state index is 0.920. The first-order valence-corrected chi connectivity index (χ1v) is 16.9. The Morgan fingerprint density at radius 3 is 1.69 bits per heavy atom. The minimum Gasteiger partial charge on any atom is -0.455 e. The first-order chi connectivity index (χ1) is 24.3. The molecule has 1 heterocycles. The topological polar surface area (TPSA) is 13.1 Å². The van der Waals surface area contributed by atoms with Crippen molar-refractivity contribution < 1.29 is 4.42 Å². The molecule has 10 aromatic carbocycles. The maximum Gasteiger partial charge on any atom is 0.143 e. The van der Waals surface area contributed by atoms with E-state index in [0.29, 0.717) is 0 Å². The van der Waals surface area contributed by atoms with Crippen molar-refractivity contribution >= 4 is 75.8 Å². The van der Waals surface area contributed by atoms with Crippen LogP contribution in [0.3, 0.4) is 0 Å². The zero-order valence-corrected chi connectivity index (χ0v) is 26.6. The Hall–Kier alpha value is -6.44. The molecule has 226 valence electrons. The summed E-state index contributed by atoms with van der Waals surface area (Å²) in [6, 6.07) is 62.1. The second-order valence-corrected chi connectivity index (χ2v) is 13.2. The highest BCUT2D eigenvalue weighted by Crippen LogP contribution is 2.45. The Labute approximate surface area is 282 Å². The van der Waals surface area contributed by atoms with Crippen LogP contribution in [0.15, 0.2) is 174 Å². The summed E-state index contributed by atoms with van der Waals surface area (Å²) in [5.41, 5.74) is 9.11. The van der Waals surface area contributed by atoms with Gasteiger partial charge in [0, 0.05) is 16.3 Å². The van der Waals surface area contributed by atoms with Gasteiger partial charge in [0.05, 0.1) is 0 Å². The molecule has 0 aliphatic carbocycles. The molecule has 0 radical (unpaired) electrons. The average molecular weight is 621 g/mol. The predicted molar refractivity (Wildman–Crippen MR) is 209 cm³/mol. The molecule has 0 aliphatic rings. The van der Waals surface area contributed by atoms with Crippen molar-refractivity contribution in [2.45, 2.75) is 0 Å². The van der Waals surface area contributed by atoms with Gasteiger partial charge in [-0.1, -0.05) is 152 Å². The molecule has 0 amide bonds. The number of fused-ring (bicyclic) bond motifs is 6. The van der Waals surface area contributed by atoms with Gasteiger partial charge in [0.2, 0.25) is 0 Å². The Kier molecular flexibility index (Phi) is 5.45. The van der Waals surface area contributed by atoms with Crippen LogP contribution in [0.25, 0.3) is 109 Å². The van der Waals surface area contributed by atoms with Gasteiger partial charge in [0.1, 0.15) is 11.2 Å². The number of hydrogen-bond donors (Lipinski definition) is 0. The van der Waals surface area contributed by atoms with Crippen LogP contribution < -0.4 is 0 Å². The predicted octanol–water partition coefficient (Wildman–Crippen LogP) is 13.8. The average Bonchev–Trinajstić information content (AvgIpc) is 3.56. The van der Waals surface area contributed by atoms with E-state index in [1.54, 1.807) is 0 Å². The largest absolute Gasteiger partial charge is 0.455 e. The second kappa shape index (κ2) is 10.0. The summed E-state index contributed by atoms with van der Waals surface area (Å²) in [5.74, 6) is 0. The summed E-state index contributed by atoms with van der Waals surface area (Å²) in [5, 5.41) is 15.2. The van der Waals surface area contributed by atoms with Gasteiger partial charge in [-0.05, 0) is 99.9 Å². The molecule has 0 saturated heterocycles. The molecule has 0 fully saturated rings. The highest BCUT2D eigenvalue weighted by Gasteiger charge is 2.18. The van der Waals surface area contributed by atoms with E-state index in [2.05, 4.69) is 158 Å². The summed E-state index contributed by atoms with van der Waals surface area (Å²) in [4.78, 5) is 0. The van der Waals surface area contributed by atoms with Crippen LogP contribution in [0, 0.1) is 0 Å². The van der Waals surface area contributed by atoms with E-state index in [1.165, 1.54) is 76.1 Å². The fraction of sp³-hybridized carbons (Fsp3) is 0. The van der Waals surface area contributed by atoms with Crippen molar-refractivity contribution in [2.24, 2.45) is 0 Å². The molecular weight excluding hydrogens is 593 g/mol. The molecular formula is C48H28O. The molecule has 1 heteroatoms. The summed E-state index contributed by atoms with van der Waals surface area (Å²) in [6.07, 6.45) is 0. The third-order valence-corrected chi connectivity index (χ3v) is 10.6. The van der Waals surface area contributed by atoms with E-state index in [4.69, 9.17) is 4.42 Å². The normalized spacial score (nSPS) is 12.1. The van der Waals surface area contributed by atoms with Crippen LogP contribution >= 0.6 is 0 Å². The molecule has 1 nitrogen and oxygen atoms in total. The lowest BCUT2D eigenvalue weighted by atomic mass is 9.85. The van der Waals surface area contributed by atoms with Crippen molar-refractivity contribution in [1.29, 1.82) is 0 Å². The van der Waals surface area contributed by atoms with E-state index < -0.39 is 0 Å². The van der Waals surface area contributed by atoms with Gasteiger partial charge in [-0.25, -0.2) is 0 Å². The molecule has 0 unspecified atom stereocenters. The Morgan fingerprint density at radius 2 is 0.878 bits per heavy atom. The number of para-hydroxylation sites is 2. The molecule has 1 aromatic heterocycles. The lowest BCUT2D eigenvalue weighted by Gasteiger charge is -2.18. The molecule has 0 aliphatic heterocycles. The highest BCUT2D eigenvalue weighted by atomic mass is 16.3. The monoisotopic (exact) mass is 620 g/mol. The lowest BCUT2D eigenvalue weighted by Crippen LogP contribution is -1.91. The maximum atomic E-state index is 6.43. The number of benzene rings is 10. The molecule has 11 aromatic rings. The highest BCUT2D eigenvalue weighted by molar-refractivity contribution is 6.29. The van der Waals surface area contributed by atoms with E-state index in [9.17, 15) is 0 Å². The second-order valence-electron chi connectivity index (χ2n) is 13.2. The van der Waals surface area contributed by atoms with Crippen LogP contribution in [0.1, 0.15) is 0 Å². The van der Waals surface area contributed by atoms with Gasteiger partial charge >= 0.3 is 0 Å². The van der Waals surface area contributed by atoms with Crippen LogP contribution in [0.5, 0.6) is 0 Å². The van der Waals surface area contributed by atoms with Gasteiger partial charge in [-0.2, -0.15) is 0 Å². The van der Waals surface area contributed by atoms with E-state index in [-0.39, 0.29) is 0 Å². The SMILES string of the molecule is c1cc(-c2ccc3ccc4c(-c5cc6ccccc6c6ccccc56)ccc5ccc2c3c54)cc(-c2cccc3c2oc2ccccc23)c1. The van der Waals surface area contributed by atoms with Crippen LogP contribution in [-0.2, 0) is 0 Å². The maximum absolute atomic E-state index is 6.43.